The van der Waals surface area contributed by atoms with Crippen LogP contribution in [0.2, 0.25) is 0 Å². The minimum absolute atomic E-state index is 0.0249. The van der Waals surface area contributed by atoms with E-state index in [2.05, 4.69) is 26.2 Å². The number of carbonyl (C=O) groups excluding carboxylic acids is 1. The SMILES string of the molecule is O=C(CCn1cnc2sc3c(c2c1=O)CCCC3)Nc1ccccc1Br. The molecule has 2 heterocycles. The summed E-state index contributed by atoms with van der Waals surface area (Å²) >= 11 is 5.05. The highest BCUT2D eigenvalue weighted by atomic mass is 79.9. The molecule has 1 N–H and O–H groups in total. The highest BCUT2D eigenvalue weighted by Crippen LogP contribution is 2.33. The number of fused-ring (bicyclic) bond motifs is 3. The van der Waals surface area contributed by atoms with Crippen molar-refractivity contribution in [3.05, 3.63) is 55.9 Å². The zero-order valence-corrected chi connectivity index (χ0v) is 16.5. The van der Waals surface area contributed by atoms with E-state index in [0.29, 0.717) is 6.54 Å². The smallest absolute Gasteiger partial charge is 0.262 e. The van der Waals surface area contributed by atoms with Crippen LogP contribution in [0.1, 0.15) is 29.7 Å². The Kier molecular flexibility index (Phi) is 4.91. The van der Waals surface area contributed by atoms with Crippen molar-refractivity contribution in [2.45, 2.75) is 38.6 Å². The van der Waals surface area contributed by atoms with Crippen LogP contribution in [0.5, 0.6) is 0 Å². The van der Waals surface area contributed by atoms with E-state index in [1.807, 2.05) is 24.3 Å². The summed E-state index contributed by atoms with van der Waals surface area (Å²) in [6.07, 6.45) is 6.10. The van der Waals surface area contributed by atoms with E-state index in [0.717, 1.165) is 39.6 Å². The van der Waals surface area contributed by atoms with E-state index < -0.39 is 0 Å². The zero-order chi connectivity index (χ0) is 18.1. The summed E-state index contributed by atoms with van der Waals surface area (Å²) in [5, 5.41) is 3.62. The van der Waals surface area contributed by atoms with E-state index in [9.17, 15) is 9.59 Å². The predicted octanol–water partition coefficient (Wildman–Crippen LogP) is 4.13. The molecule has 5 nitrogen and oxygen atoms in total. The molecule has 0 radical (unpaired) electrons. The van der Waals surface area contributed by atoms with E-state index in [1.54, 1.807) is 22.2 Å². The van der Waals surface area contributed by atoms with Crippen molar-refractivity contribution in [3.63, 3.8) is 0 Å². The fourth-order valence-corrected chi connectivity index (χ4v) is 4.94. The molecule has 3 aromatic rings. The number of hydrogen-bond acceptors (Lipinski definition) is 4. The van der Waals surface area contributed by atoms with Gasteiger partial charge in [0.25, 0.3) is 5.56 Å². The van der Waals surface area contributed by atoms with Crippen molar-refractivity contribution >= 4 is 49.1 Å². The number of nitrogens with zero attached hydrogens (tertiary/aromatic N) is 2. The number of nitrogens with one attached hydrogen (secondary N) is 1. The second kappa shape index (κ2) is 7.32. The monoisotopic (exact) mass is 431 g/mol. The van der Waals surface area contributed by atoms with E-state index in [4.69, 9.17) is 0 Å². The summed E-state index contributed by atoms with van der Waals surface area (Å²) in [6, 6.07) is 7.46. The first kappa shape index (κ1) is 17.4. The van der Waals surface area contributed by atoms with Gasteiger partial charge in [-0.05, 0) is 59.3 Å². The highest BCUT2D eigenvalue weighted by molar-refractivity contribution is 9.10. The molecule has 4 rings (SSSR count). The fraction of sp³-hybridized carbons (Fsp3) is 0.316. The molecule has 1 aliphatic carbocycles. The fourth-order valence-electron chi connectivity index (χ4n) is 3.34. The Morgan fingerprint density at radius 1 is 1.27 bits per heavy atom. The van der Waals surface area contributed by atoms with Crippen LogP contribution in [-0.4, -0.2) is 15.5 Å². The number of carbonyl (C=O) groups is 1. The third kappa shape index (κ3) is 3.33. The Hall–Kier alpha value is -1.99. The first-order valence-corrected chi connectivity index (χ1v) is 10.3. The molecule has 0 bridgehead atoms. The van der Waals surface area contributed by atoms with Gasteiger partial charge in [-0.25, -0.2) is 4.98 Å². The molecule has 0 atom stereocenters. The number of aromatic nitrogens is 2. The molecule has 0 fully saturated rings. The lowest BCUT2D eigenvalue weighted by Crippen LogP contribution is -2.24. The second-order valence-electron chi connectivity index (χ2n) is 6.41. The number of benzene rings is 1. The Balaban J connectivity index is 1.52. The molecular weight excluding hydrogens is 414 g/mol. The van der Waals surface area contributed by atoms with Crippen molar-refractivity contribution in [1.29, 1.82) is 0 Å². The van der Waals surface area contributed by atoms with Crippen LogP contribution >= 0.6 is 27.3 Å². The molecule has 0 saturated heterocycles. The lowest BCUT2D eigenvalue weighted by molar-refractivity contribution is -0.116. The summed E-state index contributed by atoms with van der Waals surface area (Å²) in [4.78, 5) is 31.7. The van der Waals surface area contributed by atoms with Crippen LogP contribution < -0.4 is 10.9 Å². The zero-order valence-electron chi connectivity index (χ0n) is 14.1. The van der Waals surface area contributed by atoms with E-state index in [1.165, 1.54) is 16.9 Å². The summed E-state index contributed by atoms with van der Waals surface area (Å²) in [5.41, 5.74) is 1.88. The average molecular weight is 432 g/mol. The first-order chi connectivity index (χ1) is 12.6. The number of aryl methyl sites for hydroxylation is 3. The Morgan fingerprint density at radius 3 is 2.92 bits per heavy atom. The van der Waals surface area contributed by atoms with Crippen LogP contribution in [0.15, 0.2) is 39.9 Å². The largest absolute Gasteiger partial charge is 0.325 e. The van der Waals surface area contributed by atoms with Crippen molar-refractivity contribution in [2.75, 3.05) is 5.32 Å². The maximum Gasteiger partial charge on any atom is 0.262 e. The number of thiophene rings is 1. The standard InChI is InChI=1S/C19H18BrN3O2S/c20-13-6-2-3-7-14(13)22-16(24)9-10-23-11-21-18-17(19(23)25)12-5-1-4-8-15(12)26-18/h2-3,6-7,11H,1,4-5,8-10H2,(H,22,24). The molecule has 0 saturated carbocycles. The van der Waals surface area contributed by atoms with Crippen molar-refractivity contribution in [3.8, 4) is 0 Å². The van der Waals surface area contributed by atoms with Crippen LogP contribution in [-0.2, 0) is 24.2 Å². The van der Waals surface area contributed by atoms with Gasteiger partial charge in [0.15, 0.2) is 0 Å². The number of rotatable bonds is 4. The summed E-state index contributed by atoms with van der Waals surface area (Å²) in [6.45, 7) is 0.322. The maximum absolute atomic E-state index is 12.9. The molecular formula is C19H18BrN3O2S. The molecule has 0 aliphatic heterocycles. The van der Waals surface area contributed by atoms with Gasteiger partial charge in [0.2, 0.25) is 5.91 Å². The second-order valence-corrected chi connectivity index (χ2v) is 8.35. The minimum Gasteiger partial charge on any atom is -0.325 e. The first-order valence-electron chi connectivity index (χ1n) is 8.67. The quantitative estimate of drug-likeness (QED) is 0.675. The average Bonchev–Trinajstić information content (AvgIpc) is 3.02. The van der Waals surface area contributed by atoms with Gasteiger partial charge >= 0.3 is 0 Å². The Bertz CT molecular complexity index is 1040. The number of amides is 1. The lowest BCUT2D eigenvalue weighted by Gasteiger charge is -2.11. The van der Waals surface area contributed by atoms with Gasteiger partial charge < -0.3 is 5.32 Å². The van der Waals surface area contributed by atoms with Crippen LogP contribution in [0.4, 0.5) is 5.69 Å². The van der Waals surface area contributed by atoms with Gasteiger partial charge in [-0.1, -0.05) is 12.1 Å². The molecule has 7 heteroatoms. The Morgan fingerprint density at radius 2 is 2.08 bits per heavy atom. The third-order valence-corrected chi connectivity index (χ3v) is 6.56. The van der Waals surface area contributed by atoms with Gasteiger partial charge in [0, 0.05) is 22.3 Å². The van der Waals surface area contributed by atoms with Gasteiger partial charge in [-0.3, -0.25) is 14.2 Å². The van der Waals surface area contributed by atoms with E-state index >= 15 is 0 Å². The molecule has 134 valence electrons. The molecule has 1 aromatic carbocycles. The van der Waals surface area contributed by atoms with Gasteiger partial charge in [-0.15, -0.1) is 11.3 Å². The number of hydrogen-bond donors (Lipinski definition) is 1. The van der Waals surface area contributed by atoms with E-state index in [-0.39, 0.29) is 17.9 Å². The predicted molar refractivity (Wildman–Crippen MR) is 108 cm³/mol. The molecule has 1 aliphatic rings. The molecule has 1 amide bonds. The topological polar surface area (TPSA) is 64.0 Å². The normalized spacial score (nSPS) is 13.6. The highest BCUT2D eigenvalue weighted by Gasteiger charge is 2.20. The third-order valence-electron chi connectivity index (χ3n) is 4.67. The van der Waals surface area contributed by atoms with Gasteiger partial charge in [-0.2, -0.15) is 0 Å². The van der Waals surface area contributed by atoms with Gasteiger partial charge in [0.05, 0.1) is 17.4 Å². The van der Waals surface area contributed by atoms with Crippen LogP contribution in [0, 0.1) is 0 Å². The minimum atomic E-state index is -0.128. The molecule has 26 heavy (non-hydrogen) atoms. The molecule has 0 spiro atoms. The molecule has 0 unspecified atom stereocenters. The van der Waals surface area contributed by atoms with Crippen LogP contribution in [0.3, 0.4) is 0 Å². The van der Waals surface area contributed by atoms with Crippen molar-refractivity contribution in [2.24, 2.45) is 0 Å². The Labute approximate surface area is 163 Å². The number of anilines is 1. The van der Waals surface area contributed by atoms with Crippen LogP contribution in [0.25, 0.3) is 10.2 Å². The lowest BCUT2D eigenvalue weighted by atomic mass is 9.97. The molecule has 2 aromatic heterocycles. The summed E-state index contributed by atoms with van der Waals surface area (Å²) in [5.74, 6) is -0.128. The van der Waals surface area contributed by atoms with Gasteiger partial charge in [0.1, 0.15) is 4.83 Å². The number of para-hydroxylation sites is 1. The maximum atomic E-state index is 12.9. The van der Waals surface area contributed by atoms with Crippen molar-refractivity contribution < 1.29 is 4.79 Å². The summed E-state index contributed by atoms with van der Waals surface area (Å²) < 4.78 is 2.39. The number of halogens is 1. The summed E-state index contributed by atoms with van der Waals surface area (Å²) in [7, 11) is 0. The van der Waals surface area contributed by atoms with Crippen molar-refractivity contribution in [1.82, 2.24) is 9.55 Å².